The van der Waals surface area contributed by atoms with Crippen molar-refractivity contribution in [3.05, 3.63) is 24.2 Å². The fourth-order valence-corrected chi connectivity index (χ4v) is 2.17. The van der Waals surface area contributed by atoms with E-state index in [1.54, 1.807) is 12.5 Å². The third-order valence-electron chi connectivity index (χ3n) is 2.19. The Bertz CT molecular complexity index is 233. The van der Waals surface area contributed by atoms with Gasteiger partial charge in [0.05, 0.1) is 24.7 Å². The lowest BCUT2D eigenvalue weighted by Gasteiger charge is -2.09. The number of rotatable bonds is 2. The van der Waals surface area contributed by atoms with Crippen molar-refractivity contribution in [1.82, 2.24) is 0 Å². The van der Waals surface area contributed by atoms with E-state index in [1.165, 1.54) is 12.0 Å². The molecule has 0 N–H and O–H groups in total. The van der Waals surface area contributed by atoms with Gasteiger partial charge in [-0.3, -0.25) is 0 Å². The summed E-state index contributed by atoms with van der Waals surface area (Å²) in [6.07, 6.45) is 6.52. The molecule has 1 aromatic heterocycles. The summed E-state index contributed by atoms with van der Waals surface area (Å²) in [6.45, 7) is 0. The highest BCUT2D eigenvalue weighted by molar-refractivity contribution is 14.1. The highest BCUT2D eigenvalue weighted by Crippen LogP contribution is 2.33. The second-order valence-corrected chi connectivity index (χ2v) is 3.92. The van der Waals surface area contributed by atoms with Crippen LogP contribution in [-0.2, 0) is 4.74 Å². The molecule has 1 fully saturated rings. The van der Waals surface area contributed by atoms with Crippen LogP contribution >= 0.6 is 22.6 Å². The molecule has 1 aliphatic rings. The maximum atomic E-state index is 5.79. The molecule has 0 saturated carbocycles. The molecule has 12 heavy (non-hydrogen) atoms. The fourth-order valence-electron chi connectivity index (χ4n) is 1.52. The Labute approximate surface area is 85.4 Å². The number of alkyl halides is 1. The van der Waals surface area contributed by atoms with Crippen LogP contribution in [0.3, 0.4) is 0 Å². The van der Waals surface area contributed by atoms with Gasteiger partial charge in [0.1, 0.15) is 0 Å². The summed E-state index contributed by atoms with van der Waals surface area (Å²) in [4.78, 5) is 0. The molecule has 0 aromatic carbocycles. The van der Waals surface area contributed by atoms with E-state index in [2.05, 4.69) is 22.6 Å². The lowest BCUT2D eigenvalue weighted by Crippen LogP contribution is -2.06. The molecule has 0 radical (unpaired) electrons. The summed E-state index contributed by atoms with van der Waals surface area (Å²) in [6, 6.07) is 1.99. The van der Waals surface area contributed by atoms with Crippen molar-refractivity contribution in [3.8, 4) is 0 Å². The average Bonchev–Trinajstić information content (AvgIpc) is 2.75. The standard InChI is InChI=1S/C9H11IO2/c10-5-8-1-2-9(12-8)7-3-4-11-6-7/h3-4,6,8-9H,1-2,5H2. The predicted molar refractivity (Wildman–Crippen MR) is 54.4 cm³/mol. The van der Waals surface area contributed by atoms with Gasteiger partial charge in [-0.15, -0.1) is 0 Å². The molecule has 2 nitrogen and oxygen atoms in total. The summed E-state index contributed by atoms with van der Waals surface area (Å²) >= 11 is 2.37. The Morgan fingerprint density at radius 1 is 1.50 bits per heavy atom. The number of ether oxygens (including phenoxy) is 1. The van der Waals surface area contributed by atoms with Crippen LogP contribution in [0.15, 0.2) is 23.0 Å². The Kier molecular flexibility index (Phi) is 2.70. The van der Waals surface area contributed by atoms with E-state index in [4.69, 9.17) is 9.15 Å². The zero-order chi connectivity index (χ0) is 8.39. The van der Waals surface area contributed by atoms with E-state index in [1.807, 2.05) is 6.07 Å². The van der Waals surface area contributed by atoms with Crippen LogP contribution in [0.1, 0.15) is 24.5 Å². The molecule has 0 aliphatic carbocycles. The number of furan rings is 1. The van der Waals surface area contributed by atoms with E-state index < -0.39 is 0 Å². The molecule has 1 aliphatic heterocycles. The molecule has 0 amide bonds. The summed E-state index contributed by atoms with van der Waals surface area (Å²) < 4.78 is 11.9. The Hall–Kier alpha value is -0.0300. The van der Waals surface area contributed by atoms with Crippen molar-refractivity contribution in [2.75, 3.05) is 4.43 Å². The molecule has 2 heterocycles. The predicted octanol–water partition coefficient (Wildman–Crippen LogP) is 2.93. The van der Waals surface area contributed by atoms with Gasteiger partial charge in [0, 0.05) is 9.99 Å². The van der Waals surface area contributed by atoms with Gasteiger partial charge >= 0.3 is 0 Å². The first-order chi connectivity index (χ1) is 5.90. The van der Waals surface area contributed by atoms with E-state index in [0.717, 1.165) is 10.8 Å². The molecular formula is C9H11IO2. The van der Waals surface area contributed by atoms with Crippen molar-refractivity contribution in [2.24, 2.45) is 0 Å². The topological polar surface area (TPSA) is 22.4 Å². The second kappa shape index (κ2) is 3.79. The Balaban J connectivity index is 2.00. The zero-order valence-corrected chi connectivity index (χ0v) is 8.86. The summed E-state index contributed by atoms with van der Waals surface area (Å²) in [7, 11) is 0. The van der Waals surface area contributed by atoms with Gasteiger partial charge in [0.2, 0.25) is 0 Å². The van der Waals surface area contributed by atoms with Crippen molar-refractivity contribution in [1.29, 1.82) is 0 Å². The first kappa shape index (κ1) is 8.56. The van der Waals surface area contributed by atoms with Crippen molar-refractivity contribution in [3.63, 3.8) is 0 Å². The molecule has 0 spiro atoms. The molecule has 0 bridgehead atoms. The minimum absolute atomic E-state index is 0.281. The molecule has 3 heteroatoms. The summed E-state index contributed by atoms with van der Waals surface area (Å²) in [5.74, 6) is 0. The monoisotopic (exact) mass is 278 g/mol. The van der Waals surface area contributed by atoms with E-state index in [-0.39, 0.29) is 6.10 Å². The molecular weight excluding hydrogens is 267 g/mol. The normalized spacial score (nSPS) is 29.4. The van der Waals surface area contributed by atoms with Crippen LogP contribution in [0, 0.1) is 0 Å². The Morgan fingerprint density at radius 2 is 2.42 bits per heavy atom. The van der Waals surface area contributed by atoms with E-state index in [9.17, 15) is 0 Å². The van der Waals surface area contributed by atoms with E-state index in [0.29, 0.717) is 6.10 Å². The highest BCUT2D eigenvalue weighted by Gasteiger charge is 2.25. The van der Waals surface area contributed by atoms with Gasteiger partial charge in [-0.25, -0.2) is 0 Å². The minimum atomic E-state index is 0.281. The quantitative estimate of drug-likeness (QED) is 0.613. The zero-order valence-electron chi connectivity index (χ0n) is 6.70. The van der Waals surface area contributed by atoms with Gasteiger partial charge in [0.15, 0.2) is 0 Å². The summed E-state index contributed by atoms with van der Waals surface area (Å²) in [5, 5.41) is 0. The van der Waals surface area contributed by atoms with Gasteiger partial charge in [-0.1, -0.05) is 22.6 Å². The van der Waals surface area contributed by atoms with Crippen LogP contribution in [0.2, 0.25) is 0 Å². The van der Waals surface area contributed by atoms with Crippen molar-refractivity contribution >= 4 is 22.6 Å². The van der Waals surface area contributed by atoms with Crippen LogP contribution in [0.5, 0.6) is 0 Å². The van der Waals surface area contributed by atoms with Crippen molar-refractivity contribution < 1.29 is 9.15 Å². The third kappa shape index (κ3) is 1.66. The van der Waals surface area contributed by atoms with Gasteiger partial charge < -0.3 is 9.15 Å². The number of hydrogen-bond acceptors (Lipinski definition) is 2. The first-order valence-corrected chi connectivity index (χ1v) is 5.66. The molecule has 1 saturated heterocycles. The molecule has 2 unspecified atom stereocenters. The van der Waals surface area contributed by atoms with E-state index >= 15 is 0 Å². The lowest BCUT2D eigenvalue weighted by atomic mass is 10.1. The SMILES string of the molecule is ICC1CCC(c2ccoc2)O1. The lowest BCUT2D eigenvalue weighted by molar-refractivity contribution is 0.0594. The van der Waals surface area contributed by atoms with Crippen LogP contribution in [0.25, 0.3) is 0 Å². The van der Waals surface area contributed by atoms with Gasteiger partial charge in [-0.05, 0) is 18.9 Å². The fraction of sp³-hybridized carbons (Fsp3) is 0.556. The largest absolute Gasteiger partial charge is 0.472 e. The average molecular weight is 278 g/mol. The smallest absolute Gasteiger partial charge is 0.0960 e. The molecule has 2 atom stereocenters. The van der Waals surface area contributed by atoms with Crippen LogP contribution < -0.4 is 0 Å². The van der Waals surface area contributed by atoms with Gasteiger partial charge in [-0.2, -0.15) is 0 Å². The molecule has 1 aromatic rings. The van der Waals surface area contributed by atoms with Crippen molar-refractivity contribution in [2.45, 2.75) is 25.0 Å². The number of hydrogen-bond donors (Lipinski definition) is 0. The second-order valence-electron chi connectivity index (χ2n) is 3.04. The molecule has 66 valence electrons. The Morgan fingerprint density at radius 3 is 3.00 bits per heavy atom. The maximum absolute atomic E-state index is 5.79. The van der Waals surface area contributed by atoms with Gasteiger partial charge in [0.25, 0.3) is 0 Å². The summed E-state index contributed by atoms with van der Waals surface area (Å²) in [5.41, 5.74) is 1.18. The minimum Gasteiger partial charge on any atom is -0.472 e. The number of halogens is 1. The highest BCUT2D eigenvalue weighted by atomic mass is 127. The maximum Gasteiger partial charge on any atom is 0.0960 e. The van der Waals surface area contributed by atoms with Crippen LogP contribution in [-0.4, -0.2) is 10.5 Å². The van der Waals surface area contributed by atoms with Crippen LogP contribution in [0.4, 0.5) is 0 Å². The first-order valence-electron chi connectivity index (χ1n) is 4.13. The third-order valence-corrected chi connectivity index (χ3v) is 3.18. The molecule has 2 rings (SSSR count).